The molecule has 0 spiro atoms. The standard InChI is InChI=1S/C11H13NO3/c1-15-11(14)6-10(13)9-5-3-2-4-8(9)7-12/h2-5H,6-7,12H2,1H3. The third-order valence-corrected chi connectivity index (χ3v) is 2.07. The van der Waals surface area contributed by atoms with Crippen LogP contribution >= 0.6 is 0 Å². The molecule has 0 saturated heterocycles. The third-order valence-electron chi connectivity index (χ3n) is 2.07. The third kappa shape index (κ3) is 2.89. The largest absolute Gasteiger partial charge is 0.469 e. The summed E-state index contributed by atoms with van der Waals surface area (Å²) in [6, 6.07) is 6.97. The lowest BCUT2D eigenvalue weighted by Crippen LogP contribution is -2.12. The second-order valence-electron chi connectivity index (χ2n) is 3.04. The van der Waals surface area contributed by atoms with Gasteiger partial charge in [-0.25, -0.2) is 0 Å². The number of methoxy groups -OCH3 is 1. The Balaban J connectivity index is 2.86. The van der Waals surface area contributed by atoms with Crippen LogP contribution in [-0.2, 0) is 16.1 Å². The minimum Gasteiger partial charge on any atom is -0.469 e. The molecule has 0 heterocycles. The molecular formula is C11H13NO3. The van der Waals surface area contributed by atoms with Gasteiger partial charge in [0.15, 0.2) is 5.78 Å². The highest BCUT2D eigenvalue weighted by molar-refractivity contribution is 6.06. The summed E-state index contributed by atoms with van der Waals surface area (Å²) in [6.07, 6.45) is -0.243. The first kappa shape index (κ1) is 11.4. The number of hydrogen-bond donors (Lipinski definition) is 1. The number of nitrogens with two attached hydrogens (primary N) is 1. The van der Waals surface area contributed by atoms with E-state index < -0.39 is 5.97 Å². The number of hydrogen-bond acceptors (Lipinski definition) is 4. The lowest BCUT2D eigenvalue weighted by Gasteiger charge is -2.05. The van der Waals surface area contributed by atoms with Gasteiger partial charge in [-0.2, -0.15) is 0 Å². The smallest absolute Gasteiger partial charge is 0.313 e. The van der Waals surface area contributed by atoms with Gasteiger partial charge in [-0.05, 0) is 5.56 Å². The first-order valence-electron chi connectivity index (χ1n) is 4.57. The molecule has 0 radical (unpaired) electrons. The van der Waals surface area contributed by atoms with Crippen LogP contribution in [-0.4, -0.2) is 18.9 Å². The quantitative estimate of drug-likeness (QED) is 0.452. The van der Waals surface area contributed by atoms with Gasteiger partial charge in [0, 0.05) is 12.1 Å². The zero-order valence-electron chi connectivity index (χ0n) is 8.53. The van der Waals surface area contributed by atoms with E-state index in [1.54, 1.807) is 24.3 Å². The maximum atomic E-state index is 11.6. The Morgan fingerprint density at radius 2 is 2.00 bits per heavy atom. The number of carbonyl (C=O) groups excluding carboxylic acids is 2. The topological polar surface area (TPSA) is 69.4 Å². The van der Waals surface area contributed by atoms with E-state index in [0.29, 0.717) is 5.56 Å². The normalized spacial score (nSPS) is 9.73. The van der Waals surface area contributed by atoms with Crippen LogP contribution in [0.5, 0.6) is 0 Å². The Labute approximate surface area is 88.0 Å². The zero-order valence-corrected chi connectivity index (χ0v) is 8.53. The molecule has 80 valence electrons. The van der Waals surface area contributed by atoms with E-state index in [-0.39, 0.29) is 18.7 Å². The molecule has 4 nitrogen and oxygen atoms in total. The van der Waals surface area contributed by atoms with Crippen molar-refractivity contribution in [2.24, 2.45) is 5.73 Å². The van der Waals surface area contributed by atoms with Crippen molar-refractivity contribution >= 4 is 11.8 Å². The van der Waals surface area contributed by atoms with Crippen molar-refractivity contribution in [3.05, 3.63) is 35.4 Å². The van der Waals surface area contributed by atoms with Crippen LogP contribution in [0.3, 0.4) is 0 Å². The average Bonchev–Trinajstić information content (AvgIpc) is 2.28. The minimum atomic E-state index is -0.535. The van der Waals surface area contributed by atoms with E-state index in [0.717, 1.165) is 5.56 Å². The summed E-state index contributed by atoms with van der Waals surface area (Å²) in [5.74, 6) is -0.797. The van der Waals surface area contributed by atoms with Crippen LogP contribution < -0.4 is 5.73 Å². The van der Waals surface area contributed by atoms with Crippen LogP contribution in [0.2, 0.25) is 0 Å². The number of rotatable bonds is 4. The highest BCUT2D eigenvalue weighted by atomic mass is 16.5. The van der Waals surface area contributed by atoms with Crippen LogP contribution in [0.4, 0.5) is 0 Å². The Kier molecular flexibility index (Phi) is 4.00. The maximum Gasteiger partial charge on any atom is 0.313 e. The van der Waals surface area contributed by atoms with E-state index in [1.807, 2.05) is 0 Å². The molecule has 0 amide bonds. The summed E-state index contributed by atoms with van der Waals surface area (Å²) in [4.78, 5) is 22.6. The van der Waals surface area contributed by atoms with E-state index in [2.05, 4.69) is 4.74 Å². The summed E-state index contributed by atoms with van der Waals surface area (Å²) >= 11 is 0. The summed E-state index contributed by atoms with van der Waals surface area (Å²) < 4.78 is 4.42. The molecule has 0 atom stereocenters. The molecule has 0 aromatic heterocycles. The Morgan fingerprint density at radius 1 is 1.33 bits per heavy atom. The molecule has 1 aromatic carbocycles. The SMILES string of the molecule is COC(=O)CC(=O)c1ccccc1CN. The Hall–Kier alpha value is -1.68. The van der Waals surface area contributed by atoms with Gasteiger partial charge in [0.1, 0.15) is 6.42 Å². The van der Waals surface area contributed by atoms with E-state index >= 15 is 0 Å². The van der Waals surface area contributed by atoms with Gasteiger partial charge in [0.25, 0.3) is 0 Å². The molecule has 4 heteroatoms. The van der Waals surface area contributed by atoms with Gasteiger partial charge < -0.3 is 10.5 Å². The molecule has 1 aromatic rings. The number of Topliss-reactive ketones (excluding diaryl/α,β-unsaturated/α-hetero) is 1. The summed E-state index contributed by atoms with van der Waals surface area (Å²) in [5, 5.41) is 0. The van der Waals surface area contributed by atoms with Gasteiger partial charge in [0.2, 0.25) is 0 Å². The number of esters is 1. The molecule has 0 saturated carbocycles. The predicted octanol–water partition coefficient (Wildman–Crippen LogP) is 0.891. The fourth-order valence-corrected chi connectivity index (χ4v) is 1.27. The molecular weight excluding hydrogens is 194 g/mol. The molecule has 0 aliphatic carbocycles. The molecule has 0 aliphatic heterocycles. The van der Waals surface area contributed by atoms with Gasteiger partial charge in [-0.3, -0.25) is 9.59 Å². The Morgan fingerprint density at radius 3 is 2.60 bits per heavy atom. The van der Waals surface area contributed by atoms with Crippen molar-refractivity contribution in [3.63, 3.8) is 0 Å². The second kappa shape index (κ2) is 5.26. The van der Waals surface area contributed by atoms with Crippen LogP contribution in [0, 0.1) is 0 Å². The van der Waals surface area contributed by atoms with E-state index in [9.17, 15) is 9.59 Å². The fourth-order valence-electron chi connectivity index (χ4n) is 1.27. The van der Waals surface area contributed by atoms with Crippen molar-refractivity contribution in [2.45, 2.75) is 13.0 Å². The zero-order chi connectivity index (χ0) is 11.3. The summed E-state index contributed by atoms with van der Waals surface area (Å²) in [6.45, 7) is 0.281. The summed E-state index contributed by atoms with van der Waals surface area (Å²) in [7, 11) is 1.25. The van der Waals surface area contributed by atoms with Gasteiger partial charge in [-0.15, -0.1) is 0 Å². The molecule has 0 fully saturated rings. The summed E-state index contributed by atoms with van der Waals surface area (Å²) in [5.41, 5.74) is 6.72. The first-order valence-corrected chi connectivity index (χ1v) is 4.57. The predicted molar refractivity (Wildman–Crippen MR) is 55.3 cm³/mol. The number of carbonyl (C=O) groups is 2. The maximum absolute atomic E-state index is 11.6. The fraction of sp³-hybridized carbons (Fsp3) is 0.273. The molecule has 2 N–H and O–H groups in total. The monoisotopic (exact) mass is 207 g/mol. The minimum absolute atomic E-state index is 0.243. The van der Waals surface area contributed by atoms with Crippen molar-refractivity contribution in [1.82, 2.24) is 0 Å². The molecule has 0 bridgehead atoms. The lowest BCUT2D eigenvalue weighted by atomic mass is 10.0. The van der Waals surface area contributed by atoms with Crippen LogP contribution in [0.15, 0.2) is 24.3 Å². The average molecular weight is 207 g/mol. The molecule has 0 unspecified atom stereocenters. The number of benzene rings is 1. The molecule has 1 rings (SSSR count). The van der Waals surface area contributed by atoms with E-state index in [1.165, 1.54) is 7.11 Å². The van der Waals surface area contributed by atoms with Crippen molar-refractivity contribution in [3.8, 4) is 0 Å². The molecule has 0 aliphatic rings. The highest BCUT2D eigenvalue weighted by Gasteiger charge is 2.14. The van der Waals surface area contributed by atoms with E-state index in [4.69, 9.17) is 5.73 Å². The van der Waals surface area contributed by atoms with Crippen LogP contribution in [0.1, 0.15) is 22.3 Å². The van der Waals surface area contributed by atoms with Gasteiger partial charge in [-0.1, -0.05) is 24.3 Å². The highest BCUT2D eigenvalue weighted by Crippen LogP contribution is 2.10. The molecule has 15 heavy (non-hydrogen) atoms. The number of ketones is 1. The van der Waals surface area contributed by atoms with Gasteiger partial charge >= 0.3 is 5.97 Å². The number of ether oxygens (including phenoxy) is 1. The Bertz CT molecular complexity index is 374. The van der Waals surface area contributed by atoms with Crippen LogP contribution in [0.25, 0.3) is 0 Å². The van der Waals surface area contributed by atoms with Crippen molar-refractivity contribution in [1.29, 1.82) is 0 Å². The first-order chi connectivity index (χ1) is 7.19. The lowest BCUT2D eigenvalue weighted by molar-refractivity contribution is -0.139. The van der Waals surface area contributed by atoms with Crippen molar-refractivity contribution < 1.29 is 14.3 Å². The van der Waals surface area contributed by atoms with Gasteiger partial charge in [0.05, 0.1) is 7.11 Å². The van der Waals surface area contributed by atoms with Crippen molar-refractivity contribution in [2.75, 3.05) is 7.11 Å². The second-order valence-corrected chi connectivity index (χ2v) is 3.04.